The molecule has 132 valence electrons. The Balaban J connectivity index is 1.82. The van der Waals surface area contributed by atoms with Crippen LogP contribution in [0.5, 0.6) is 0 Å². The minimum absolute atomic E-state index is 0.165. The summed E-state index contributed by atoms with van der Waals surface area (Å²) in [5.74, 6) is -0.640. The van der Waals surface area contributed by atoms with E-state index in [9.17, 15) is 9.18 Å². The van der Waals surface area contributed by atoms with Crippen molar-refractivity contribution >= 4 is 11.9 Å². The van der Waals surface area contributed by atoms with Crippen LogP contribution in [0.3, 0.4) is 0 Å². The molecule has 1 N–H and O–H groups in total. The fourth-order valence-electron chi connectivity index (χ4n) is 2.49. The number of hydrogen-bond acceptors (Lipinski definition) is 6. The molecule has 1 atom stereocenters. The van der Waals surface area contributed by atoms with Crippen molar-refractivity contribution in [2.45, 2.75) is 12.5 Å². The van der Waals surface area contributed by atoms with Crippen LogP contribution in [0.25, 0.3) is 11.3 Å². The second-order valence-electron chi connectivity index (χ2n) is 5.59. The summed E-state index contributed by atoms with van der Waals surface area (Å²) < 4.78 is 18.3. The van der Waals surface area contributed by atoms with E-state index in [0.29, 0.717) is 17.7 Å². The lowest BCUT2D eigenvalue weighted by Crippen LogP contribution is -2.33. The van der Waals surface area contributed by atoms with Gasteiger partial charge in [0, 0.05) is 12.0 Å². The minimum atomic E-state index is -0.674. The fraction of sp³-hybridized carbons (Fsp3) is 0.158. The molecule has 1 aromatic heterocycles. The number of hydrogen-bond donors (Lipinski definition) is 1. The first kappa shape index (κ1) is 17.5. The number of halogens is 1. The third kappa shape index (κ3) is 4.38. The molecule has 6 nitrogen and oxygen atoms in total. The van der Waals surface area contributed by atoms with Crippen molar-refractivity contribution in [2.24, 2.45) is 0 Å². The first-order valence-corrected chi connectivity index (χ1v) is 7.99. The highest BCUT2D eigenvalue weighted by atomic mass is 19.1. The summed E-state index contributed by atoms with van der Waals surface area (Å²) in [5.41, 5.74) is 1.98. The average Bonchev–Trinajstić information content (AvgIpc) is 2.68. The molecule has 7 heteroatoms. The zero-order valence-electron chi connectivity index (χ0n) is 14.1. The largest absolute Gasteiger partial charge is 0.467 e. The Labute approximate surface area is 150 Å². The maximum atomic E-state index is 13.4. The van der Waals surface area contributed by atoms with Gasteiger partial charge in [0.05, 0.1) is 19.0 Å². The second kappa shape index (κ2) is 8.15. The first-order chi connectivity index (χ1) is 12.7. The van der Waals surface area contributed by atoms with E-state index in [2.05, 4.69) is 20.5 Å². The Morgan fingerprint density at radius 1 is 1.19 bits per heavy atom. The van der Waals surface area contributed by atoms with Crippen LogP contribution in [-0.2, 0) is 16.0 Å². The van der Waals surface area contributed by atoms with Crippen LogP contribution in [0.15, 0.2) is 60.8 Å². The van der Waals surface area contributed by atoms with Gasteiger partial charge < -0.3 is 10.1 Å². The van der Waals surface area contributed by atoms with Gasteiger partial charge in [0.25, 0.3) is 0 Å². The molecule has 0 aliphatic carbocycles. The van der Waals surface area contributed by atoms with E-state index >= 15 is 0 Å². The number of rotatable bonds is 6. The van der Waals surface area contributed by atoms with Gasteiger partial charge in [-0.1, -0.05) is 42.5 Å². The van der Waals surface area contributed by atoms with E-state index in [-0.39, 0.29) is 11.8 Å². The Kier molecular flexibility index (Phi) is 5.48. The van der Waals surface area contributed by atoms with E-state index in [1.807, 2.05) is 30.3 Å². The standard InChI is InChI=1S/C19H17FN4O2/c1-26-18(25)16(10-13-6-3-2-4-7-13)22-19-23-17(12-21-24-19)14-8-5-9-15(20)11-14/h2-9,11-12,16H,10H2,1H3,(H,22,23,24)/t16-/m0/s1. The first-order valence-electron chi connectivity index (χ1n) is 7.99. The maximum Gasteiger partial charge on any atom is 0.328 e. The molecule has 0 amide bonds. The van der Waals surface area contributed by atoms with E-state index in [0.717, 1.165) is 5.56 Å². The molecule has 26 heavy (non-hydrogen) atoms. The summed E-state index contributed by atoms with van der Waals surface area (Å²) in [6.07, 6.45) is 1.84. The Morgan fingerprint density at radius 3 is 2.73 bits per heavy atom. The summed E-state index contributed by atoms with van der Waals surface area (Å²) in [6.45, 7) is 0. The molecule has 3 aromatic rings. The highest BCUT2D eigenvalue weighted by molar-refractivity contribution is 5.79. The molecule has 0 saturated carbocycles. The van der Waals surface area contributed by atoms with Crippen molar-refractivity contribution in [1.29, 1.82) is 0 Å². The normalized spacial score (nSPS) is 11.6. The van der Waals surface area contributed by atoms with Crippen LogP contribution < -0.4 is 5.32 Å². The SMILES string of the molecule is COC(=O)[C@H](Cc1ccccc1)Nc1nncc(-c2cccc(F)c2)n1. The van der Waals surface area contributed by atoms with Crippen molar-refractivity contribution in [3.05, 3.63) is 72.2 Å². The number of nitrogens with one attached hydrogen (secondary N) is 1. The molecule has 0 aliphatic rings. The van der Waals surface area contributed by atoms with E-state index in [1.165, 1.54) is 25.4 Å². The zero-order valence-corrected chi connectivity index (χ0v) is 14.1. The number of aromatic nitrogens is 3. The quantitative estimate of drug-likeness (QED) is 0.688. The van der Waals surface area contributed by atoms with Crippen molar-refractivity contribution in [1.82, 2.24) is 15.2 Å². The number of ether oxygens (including phenoxy) is 1. The van der Waals surface area contributed by atoms with Gasteiger partial charge in [0.1, 0.15) is 11.9 Å². The van der Waals surface area contributed by atoms with E-state index in [1.54, 1.807) is 12.1 Å². The third-order valence-electron chi connectivity index (χ3n) is 3.75. The summed E-state index contributed by atoms with van der Waals surface area (Å²) in [7, 11) is 1.32. The Morgan fingerprint density at radius 2 is 2.00 bits per heavy atom. The second-order valence-corrected chi connectivity index (χ2v) is 5.59. The molecule has 0 bridgehead atoms. The predicted molar refractivity (Wildman–Crippen MR) is 94.8 cm³/mol. The molecule has 3 rings (SSSR count). The van der Waals surface area contributed by atoms with Crippen molar-refractivity contribution in [3.63, 3.8) is 0 Å². The van der Waals surface area contributed by atoms with Crippen molar-refractivity contribution in [3.8, 4) is 11.3 Å². The number of nitrogens with zero attached hydrogens (tertiary/aromatic N) is 3. The van der Waals surface area contributed by atoms with Gasteiger partial charge in [0.15, 0.2) is 0 Å². The van der Waals surface area contributed by atoms with Crippen LogP contribution in [0.2, 0.25) is 0 Å². The molecular weight excluding hydrogens is 335 g/mol. The smallest absolute Gasteiger partial charge is 0.328 e. The monoisotopic (exact) mass is 352 g/mol. The number of methoxy groups -OCH3 is 1. The Bertz CT molecular complexity index is 889. The van der Waals surface area contributed by atoms with Crippen molar-refractivity contribution < 1.29 is 13.9 Å². The highest BCUT2D eigenvalue weighted by Gasteiger charge is 2.21. The predicted octanol–water partition coefficient (Wildman–Crippen LogP) is 2.87. The van der Waals surface area contributed by atoms with Gasteiger partial charge in [-0.05, 0) is 17.7 Å². The maximum absolute atomic E-state index is 13.4. The molecular formula is C19H17FN4O2. The minimum Gasteiger partial charge on any atom is -0.467 e. The molecule has 0 saturated heterocycles. The molecule has 2 aromatic carbocycles. The summed E-state index contributed by atoms with van der Waals surface area (Å²) >= 11 is 0. The van der Waals surface area contributed by atoms with Crippen LogP contribution >= 0.6 is 0 Å². The van der Waals surface area contributed by atoms with E-state index in [4.69, 9.17) is 4.74 Å². The van der Waals surface area contributed by atoms with Gasteiger partial charge >= 0.3 is 5.97 Å². The molecule has 0 unspecified atom stereocenters. The van der Waals surface area contributed by atoms with E-state index < -0.39 is 12.0 Å². The van der Waals surface area contributed by atoms with Gasteiger partial charge in [-0.15, -0.1) is 5.10 Å². The average molecular weight is 352 g/mol. The lowest BCUT2D eigenvalue weighted by Gasteiger charge is -2.16. The van der Waals surface area contributed by atoms with Gasteiger partial charge in [-0.3, -0.25) is 0 Å². The lowest BCUT2D eigenvalue weighted by atomic mass is 10.1. The van der Waals surface area contributed by atoms with Gasteiger partial charge in [0.2, 0.25) is 5.95 Å². The topological polar surface area (TPSA) is 77.0 Å². The highest BCUT2D eigenvalue weighted by Crippen LogP contribution is 2.18. The lowest BCUT2D eigenvalue weighted by molar-refractivity contribution is -0.141. The molecule has 0 spiro atoms. The van der Waals surface area contributed by atoms with Crippen LogP contribution in [0.4, 0.5) is 10.3 Å². The third-order valence-corrected chi connectivity index (χ3v) is 3.75. The van der Waals surface area contributed by atoms with Crippen LogP contribution in [-0.4, -0.2) is 34.3 Å². The number of esters is 1. The Hall–Kier alpha value is -3.35. The molecule has 0 radical (unpaired) electrons. The zero-order chi connectivity index (χ0) is 18.4. The summed E-state index contributed by atoms with van der Waals surface area (Å²) in [4.78, 5) is 16.4. The molecule has 0 fully saturated rings. The van der Waals surface area contributed by atoms with Gasteiger partial charge in [-0.2, -0.15) is 5.10 Å². The number of carbonyl (C=O) groups is 1. The fourth-order valence-corrected chi connectivity index (χ4v) is 2.49. The van der Waals surface area contributed by atoms with Gasteiger partial charge in [-0.25, -0.2) is 14.2 Å². The summed E-state index contributed by atoms with van der Waals surface area (Å²) in [5, 5.41) is 10.7. The number of carbonyl (C=O) groups excluding carboxylic acids is 1. The number of benzene rings is 2. The summed E-state index contributed by atoms with van der Waals surface area (Å²) in [6, 6.07) is 14.9. The number of anilines is 1. The van der Waals surface area contributed by atoms with Crippen LogP contribution in [0.1, 0.15) is 5.56 Å². The van der Waals surface area contributed by atoms with Crippen molar-refractivity contribution in [2.75, 3.05) is 12.4 Å². The van der Waals surface area contributed by atoms with Crippen LogP contribution in [0, 0.1) is 5.82 Å². The molecule has 1 heterocycles. The molecule has 0 aliphatic heterocycles.